The number of esters is 1. The molecule has 0 heterocycles. The molecule has 170 valence electrons. The van der Waals surface area contributed by atoms with Crippen LogP contribution >= 0.6 is 0 Å². The van der Waals surface area contributed by atoms with Crippen molar-refractivity contribution in [2.45, 2.75) is 0 Å². The van der Waals surface area contributed by atoms with Crippen molar-refractivity contribution in [3.05, 3.63) is 83.4 Å². The minimum absolute atomic E-state index is 0.184. The smallest absolute Gasteiger partial charge is 0.351 e. The van der Waals surface area contributed by atoms with Crippen LogP contribution in [-0.2, 0) is 0 Å². The maximum atomic E-state index is 12.8. The van der Waals surface area contributed by atoms with Gasteiger partial charge in [0.2, 0.25) is 0 Å². The van der Waals surface area contributed by atoms with Gasteiger partial charge in [0.05, 0.1) is 34.0 Å². The highest BCUT2D eigenvalue weighted by Gasteiger charge is 2.20. The lowest BCUT2D eigenvalue weighted by atomic mass is 10.1. The summed E-state index contributed by atoms with van der Waals surface area (Å²) in [6.07, 6.45) is 3.05. The van der Waals surface area contributed by atoms with Gasteiger partial charge in [-0.3, -0.25) is 4.79 Å². The number of benzene rings is 3. The Bertz CT molecular complexity index is 1160. The minimum atomic E-state index is -0.623. The van der Waals surface area contributed by atoms with Crippen molar-refractivity contribution in [2.24, 2.45) is 0 Å². The zero-order valence-corrected chi connectivity index (χ0v) is 18.8. The number of rotatable bonds is 9. The highest BCUT2D eigenvalue weighted by molar-refractivity contribution is 6.09. The summed E-state index contributed by atoms with van der Waals surface area (Å²) in [7, 11) is 5.95. The number of carbonyl (C=O) groups excluding carboxylic acids is 2. The fourth-order valence-corrected chi connectivity index (χ4v) is 3.16. The second-order valence-electron chi connectivity index (χ2n) is 6.76. The van der Waals surface area contributed by atoms with Crippen LogP contribution in [0.15, 0.2) is 66.7 Å². The Morgan fingerprint density at radius 1 is 0.697 bits per heavy atom. The highest BCUT2D eigenvalue weighted by atomic mass is 16.5. The van der Waals surface area contributed by atoms with Crippen LogP contribution in [0.1, 0.15) is 26.3 Å². The maximum Gasteiger partial charge on any atom is 0.351 e. The Morgan fingerprint density at radius 3 is 2.00 bits per heavy atom. The van der Waals surface area contributed by atoms with Crippen LogP contribution in [-0.4, -0.2) is 40.2 Å². The Morgan fingerprint density at radius 2 is 1.36 bits per heavy atom. The SMILES string of the molecule is COc1ccc(OC)c(C(=O)/C=C/c2cccc(OC(=O)c3c(OC)cccc3OC)c2)c1. The molecule has 0 saturated heterocycles. The third kappa shape index (κ3) is 5.51. The summed E-state index contributed by atoms with van der Waals surface area (Å²) in [6, 6.07) is 16.8. The lowest BCUT2D eigenvalue weighted by Gasteiger charge is -2.12. The van der Waals surface area contributed by atoms with E-state index in [-0.39, 0.29) is 11.3 Å². The van der Waals surface area contributed by atoms with Crippen molar-refractivity contribution < 1.29 is 33.3 Å². The van der Waals surface area contributed by atoms with Crippen molar-refractivity contribution >= 4 is 17.8 Å². The molecule has 0 N–H and O–H groups in total. The Labute approximate surface area is 192 Å². The molecule has 0 aliphatic heterocycles. The first kappa shape index (κ1) is 23.4. The predicted octanol–water partition coefficient (Wildman–Crippen LogP) is 4.84. The van der Waals surface area contributed by atoms with E-state index in [4.69, 9.17) is 23.7 Å². The van der Waals surface area contributed by atoms with Gasteiger partial charge in [0.25, 0.3) is 0 Å². The summed E-state index contributed by atoms with van der Waals surface area (Å²) < 4.78 is 26.5. The van der Waals surface area contributed by atoms with Gasteiger partial charge in [-0.05, 0) is 54.1 Å². The monoisotopic (exact) mass is 448 g/mol. The lowest BCUT2D eigenvalue weighted by molar-refractivity contribution is 0.0727. The fourth-order valence-electron chi connectivity index (χ4n) is 3.16. The van der Waals surface area contributed by atoms with Crippen LogP contribution < -0.4 is 23.7 Å². The molecule has 0 radical (unpaired) electrons. The van der Waals surface area contributed by atoms with Crippen LogP contribution in [0, 0.1) is 0 Å². The first-order valence-corrected chi connectivity index (χ1v) is 9.98. The van der Waals surface area contributed by atoms with Gasteiger partial charge in [-0.15, -0.1) is 0 Å². The molecule has 0 aliphatic rings. The van der Waals surface area contributed by atoms with E-state index < -0.39 is 5.97 Å². The topological polar surface area (TPSA) is 80.3 Å². The normalized spacial score (nSPS) is 10.5. The Hall–Kier alpha value is -4.26. The standard InChI is InChI=1S/C26H24O7/c1-29-18-12-14-22(30-2)20(16-18)21(27)13-11-17-7-5-8-19(15-17)33-26(28)25-23(31-3)9-6-10-24(25)32-4/h5-16H,1-4H3/b13-11+. The third-order valence-corrected chi connectivity index (χ3v) is 4.80. The van der Waals surface area contributed by atoms with Crippen molar-refractivity contribution in [2.75, 3.05) is 28.4 Å². The quantitative estimate of drug-likeness (QED) is 0.201. The molecular formula is C26H24O7. The molecule has 0 bridgehead atoms. The summed E-state index contributed by atoms with van der Waals surface area (Å²) in [5, 5.41) is 0. The third-order valence-electron chi connectivity index (χ3n) is 4.80. The summed E-state index contributed by atoms with van der Waals surface area (Å²) in [5.74, 6) is 1.10. The Balaban J connectivity index is 1.81. The van der Waals surface area contributed by atoms with Gasteiger partial charge in [0.1, 0.15) is 34.3 Å². The average molecular weight is 448 g/mol. The van der Waals surface area contributed by atoms with Gasteiger partial charge in [-0.2, -0.15) is 0 Å². The number of hydrogen-bond donors (Lipinski definition) is 0. The van der Waals surface area contributed by atoms with E-state index in [0.717, 1.165) is 0 Å². The molecule has 33 heavy (non-hydrogen) atoms. The van der Waals surface area contributed by atoms with Crippen LogP contribution in [0.3, 0.4) is 0 Å². The first-order chi connectivity index (χ1) is 16.0. The summed E-state index contributed by atoms with van der Waals surface area (Å²) in [6.45, 7) is 0. The van der Waals surface area contributed by atoms with Crippen molar-refractivity contribution in [3.8, 4) is 28.7 Å². The number of hydrogen-bond acceptors (Lipinski definition) is 7. The number of ketones is 1. The van der Waals surface area contributed by atoms with Crippen molar-refractivity contribution in [1.82, 2.24) is 0 Å². The van der Waals surface area contributed by atoms with Crippen LogP contribution in [0.2, 0.25) is 0 Å². The molecule has 0 atom stereocenters. The maximum absolute atomic E-state index is 12.8. The summed E-state index contributed by atoms with van der Waals surface area (Å²) in [5.41, 5.74) is 1.23. The fraction of sp³-hybridized carbons (Fsp3) is 0.154. The van der Waals surface area contributed by atoms with Crippen LogP contribution in [0.25, 0.3) is 6.08 Å². The molecule has 0 spiro atoms. The molecule has 0 amide bonds. The van der Waals surface area contributed by atoms with Gasteiger partial charge >= 0.3 is 5.97 Å². The number of carbonyl (C=O) groups is 2. The van der Waals surface area contributed by atoms with E-state index in [1.165, 1.54) is 34.5 Å². The molecule has 3 aromatic rings. The van der Waals surface area contributed by atoms with Crippen molar-refractivity contribution in [3.63, 3.8) is 0 Å². The molecule has 0 saturated carbocycles. The number of ether oxygens (including phenoxy) is 5. The molecule has 3 rings (SSSR count). The number of allylic oxidation sites excluding steroid dienone is 1. The molecule has 0 aliphatic carbocycles. The molecule has 7 heteroatoms. The predicted molar refractivity (Wildman–Crippen MR) is 124 cm³/mol. The van der Waals surface area contributed by atoms with Crippen molar-refractivity contribution in [1.29, 1.82) is 0 Å². The van der Waals surface area contributed by atoms with E-state index in [0.29, 0.717) is 39.9 Å². The first-order valence-electron chi connectivity index (χ1n) is 9.98. The zero-order chi connectivity index (χ0) is 23.8. The minimum Gasteiger partial charge on any atom is -0.497 e. The molecule has 7 nitrogen and oxygen atoms in total. The summed E-state index contributed by atoms with van der Waals surface area (Å²) >= 11 is 0. The lowest BCUT2D eigenvalue weighted by Crippen LogP contribution is -2.12. The van der Waals surface area contributed by atoms with E-state index in [1.54, 1.807) is 66.7 Å². The Kier molecular flexibility index (Phi) is 7.70. The molecular weight excluding hydrogens is 424 g/mol. The van der Waals surface area contributed by atoms with Crippen LogP contribution in [0.4, 0.5) is 0 Å². The van der Waals surface area contributed by atoms with Gasteiger partial charge in [0, 0.05) is 0 Å². The van der Waals surface area contributed by atoms with Gasteiger partial charge in [0.15, 0.2) is 5.78 Å². The van der Waals surface area contributed by atoms with E-state index in [9.17, 15) is 9.59 Å². The second-order valence-corrected chi connectivity index (χ2v) is 6.76. The zero-order valence-electron chi connectivity index (χ0n) is 18.8. The molecule has 3 aromatic carbocycles. The van der Waals surface area contributed by atoms with E-state index in [1.807, 2.05) is 0 Å². The van der Waals surface area contributed by atoms with Gasteiger partial charge in [-0.1, -0.05) is 24.3 Å². The molecule has 0 unspecified atom stereocenters. The van der Waals surface area contributed by atoms with E-state index in [2.05, 4.69) is 0 Å². The summed E-state index contributed by atoms with van der Waals surface area (Å²) in [4.78, 5) is 25.5. The molecule has 0 fully saturated rings. The van der Waals surface area contributed by atoms with Gasteiger partial charge in [-0.25, -0.2) is 4.79 Å². The highest BCUT2D eigenvalue weighted by Crippen LogP contribution is 2.30. The van der Waals surface area contributed by atoms with E-state index >= 15 is 0 Å². The molecule has 0 aromatic heterocycles. The van der Waals surface area contributed by atoms with Gasteiger partial charge < -0.3 is 23.7 Å². The second kappa shape index (κ2) is 10.9. The number of methoxy groups -OCH3 is 4. The largest absolute Gasteiger partial charge is 0.497 e. The average Bonchev–Trinajstić information content (AvgIpc) is 2.86. The van der Waals surface area contributed by atoms with Crippen LogP contribution in [0.5, 0.6) is 28.7 Å².